The first-order chi connectivity index (χ1) is 10.5. The molecule has 1 aromatic carbocycles. The Kier molecular flexibility index (Phi) is 4.70. The summed E-state index contributed by atoms with van der Waals surface area (Å²) in [6.45, 7) is 6.17. The number of rotatable bonds is 5. The molecule has 2 aromatic rings. The van der Waals surface area contributed by atoms with Crippen molar-refractivity contribution in [2.24, 2.45) is 0 Å². The van der Waals surface area contributed by atoms with Crippen LogP contribution in [0.4, 0.5) is 11.8 Å². The van der Waals surface area contributed by atoms with Gasteiger partial charge in [-0.3, -0.25) is 0 Å². The lowest BCUT2D eigenvalue weighted by Crippen LogP contribution is -2.03. The van der Waals surface area contributed by atoms with Crippen LogP contribution in [-0.2, 0) is 0 Å². The average molecular weight is 302 g/mol. The number of methoxy groups -OCH3 is 1. The third-order valence-electron chi connectivity index (χ3n) is 3.38. The summed E-state index contributed by atoms with van der Waals surface area (Å²) in [6.07, 6.45) is 1.57. The molecule has 0 atom stereocenters. The van der Waals surface area contributed by atoms with E-state index in [1.54, 1.807) is 20.4 Å². The van der Waals surface area contributed by atoms with Gasteiger partial charge in [-0.15, -0.1) is 0 Å². The average Bonchev–Trinajstić information content (AvgIpc) is 2.49. The highest BCUT2D eigenvalue weighted by atomic mass is 16.5. The van der Waals surface area contributed by atoms with Crippen LogP contribution < -0.4 is 20.5 Å². The molecule has 0 amide bonds. The molecule has 0 aliphatic rings. The van der Waals surface area contributed by atoms with E-state index in [2.05, 4.69) is 29.1 Å². The second-order valence-corrected chi connectivity index (χ2v) is 5.31. The molecule has 6 nitrogen and oxygen atoms in total. The molecule has 0 spiro atoms. The Morgan fingerprint density at radius 1 is 1.18 bits per heavy atom. The zero-order valence-electron chi connectivity index (χ0n) is 13.6. The molecule has 0 aliphatic carbocycles. The number of ether oxygens (including phenoxy) is 2. The minimum absolute atomic E-state index is 0.281. The van der Waals surface area contributed by atoms with Crippen LogP contribution in [0.1, 0.15) is 30.9 Å². The maximum absolute atomic E-state index is 5.95. The summed E-state index contributed by atoms with van der Waals surface area (Å²) in [7, 11) is 3.40. The minimum atomic E-state index is 0.281. The number of anilines is 2. The number of nitrogens with one attached hydrogen (secondary N) is 1. The van der Waals surface area contributed by atoms with Crippen molar-refractivity contribution in [3.8, 4) is 17.2 Å². The first kappa shape index (κ1) is 15.9. The molecule has 0 fully saturated rings. The maximum atomic E-state index is 5.95. The monoisotopic (exact) mass is 302 g/mol. The van der Waals surface area contributed by atoms with Crippen molar-refractivity contribution in [2.45, 2.75) is 26.7 Å². The summed E-state index contributed by atoms with van der Waals surface area (Å²) in [6, 6.07) is 3.94. The number of benzene rings is 1. The van der Waals surface area contributed by atoms with Crippen LogP contribution in [0.15, 0.2) is 18.3 Å². The van der Waals surface area contributed by atoms with Gasteiger partial charge in [0.05, 0.1) is 13.3 Å². The van der Waals surface area contributed by atoms with Crippen molar-refractivity contribution in [1.29, 1.82) is 0 Å². The summed E-state index contributed by atoms with van der Waals surface area (Å²) >= 11 is 0. The molecule has 118 valence electrons. The normalized spacial score (nSPS) is 10.6. The fraction of sp³-hybridized carbons (Fsp3) is 0.375. The van der Waals surface area contributed by atoms with E-state index in [0.717, 1.165) is 22.6 Å². The molecule has 0 saturated heterocycles. The summed E-state index contributed by atoms with van der Waals surface area (Å²) in [5, 5.41) is 2.84. The zero-order chi connectivity index (χ0) is 16.3. The predicted octanol–water partition coefficient (Wildman–Crippen LogP) is 3.33. The molecule has 6 heteroatoms. The lowest BCUT2D eigenvalue weighted by Gasteiger charge is -2.17. The Balaban J connectivity index is 2.42. The molecule has 2 rings (SSSR count). The van der Waals surface area contributed by atoms with Crippen molar-refractivity contribution in [2.75, 3.05) is 25.2 Å². The van der Waals surface area contributed by atoms with E-state index in [1.807, 2.05) is 19.1 Å². The first-order valence-electron chi connectivity index (χ1n) is 7.13. The molecule has 0 bridgehead atoms. The summed E-state index contributed by atoms with van der Waals surface area (Å²) in [4.78, 5) is 8.26. The molecule has 0 unspecified atom stereocenters. The Labute approximate surface area is 130 Å². The van der Waals surface area contributed by atoms with E-state index in [-0.39, 0.29) is 5.92 Å². The maximum Gasteiger partial charge on any atom is 0.224 e. The van der Waals surface area contributed by atoms with Crippen LogP contribution in [0, 0.1) is 6.92 Å². The molecular formula is C16H22N4O2. The van der Waals surface area contributed by atoms with Gasteiger partial charge in [0.25, 0.3) is 0 Å². The van der Waals surface area contributed by atoms with E-state index in [9.17, 15) is 0 Å². The van der Waals surface area contributed by atoms with Gasteiger partial charge in [-0.25, -0.2) is 4.98 Å². The lowest BCUT2D eigenvalue weighted by molar-refractivity contribution is 0.407. The highest BCUT2D eigenvalue weighted by molar-refractivity contribution is 5.53. The number of hydrogen-bond donors (Lipinski definition) is 2. The van der Waals surface area contributed by atoms with Crippen LogP contribution >= 0.6 is 0 Å². The number of aryl methyl sites for hydroxylation is 1. The van der Waals surface area contributed by atoms with Gasteiger partial charge in [-0.1, -0.05) is 13.8 Å². The zero-order valence-corrected chi connectivity index (χ0v) is 13.6. The first-order valence-corrected chi connectivity index (χ1v) is 7.13. The van der Waals surface area contributed by atoms with Crippen molar-refractivity contribution in [3.63, 3.8) is 0 Å². The van der Waals surface area contributed by atoms with Crippen molar-refractivity contribution in [3.05, 3.63) is 29.5 Å². The molecule has 22 heavy (non-hydrogen) atoms. The Hall–Kier alpha value is -2.50. The SMILES string of the molecule is CNc1ncc(Oc2cc(C)c(OC)cc2C(C)C)c(N)n1. The summed E-state index contributed by atoms with van der Waals surface area (Å²) in [5.74, 6) is 3.04. The van der Waals surface area contributed by atoms with E-state index >= 15 is 0 Å². The van der Waals surface area contributed by atoms with E-state index in [1.165, 1.54) is 0 Å². The molecule has 1 aromatic heterocycles. The highest BCUT2D eigenvalue weighted by Crippen LogP contribution is 2.36. The standard InChI is InChI=1S/C16H22N4O2/c1-9(2)11-7-12(21-5)10(3)6-13(11)22-14-8-19-16(18-4)20-15(14)17/h6-9H,1-5H3,(H3,17,18,19,20). The quantitative estimate of drug-likeness (QED) is 0.881. The Morgan fingerprint density at radius 3 is 2.45 bits per heavy atom. The van der Waals surface area contributed by atoms with Crippen molar-refractivity contribution < 1.29 is 9.47 Å². The molecular weight excluding hydrogens is 280 g/mol. The fourth-order valence-corrected chi connectivity index (χ4v) is 2.14. The van der Waals surface area contributed by atoms with E-state index < -0.39 is 0 Å². The molecule has 3 N–H and O–H groups in total. The number of nitrogens with two attached hydrogens (primary N) is 1. The van der Waals surface area contributed by atoms with Crippen LogP contribution in [0.5, 0.6) is 17.2 Å². The minimum Gasteiger partial charge on any atom is -0.496 e. The van der Waals surface area contributed by atoms with Gasteiger partial charge in [0, 0.05) is 12.6 Å². The number of aromatic nitrogens is 2. The van der Waals surface area contributed by atoms with Gasteiger partial charge < -0.3 is 20.5 Å². The van der Waals surface area contributed by atoms with Gasteiger partial charge in [0.15, 0.2) is 11.6 Å². The van der Waals surface area contributed by atoms with E-state index in [0.29, 0.717) is 17.5 Å². The Morgan fingerprint density at radius 2 is 1.91 bits per heavy atom. The van der Waals surface area contributed by atoms with Crippen molar-refractivity contribution in [1.82, 2.24) is 9.97 Å². The second kappa shape index (κ2) is 6.51. The smallest absolute Gasteiger partial charge is 0.224 e. The lowest BCUT2D eigenvalue weighted by atomic mass is 10.00. The van der Waals surface area contributed by atoms with Gasteiger partial charge in [-0.05, 0) is 30.5 Å². The van der Waals surface area contributed by atoms with Crippen LogP contribution in [0.3, 0.4) is 0 Å². The Bertz CT molecular complexity index is 671. The topological polar surface area (TPSA) is 82.3 Å². The second-order valence-electron chi connectivity index (χ2n) is 5.31. The summed E-state index contributed by atoms with van der Waals surface area (Å²) < 4.78 is 11.3. The van der Waals surface area contributed by atoms with Gasteiger partial charge in [0.2, 0.25) is 5.95 Å². The third-order valence-corrected chi connectivity index (χ3v) is 3.38. The summed E-state index contributed by atoms with van der Waals surface area (Å²) in [5.41, 5.74) is 7.96. The molecule has 0 aliphatic heterocycles. The number of nitrogens with zero attached hydrogens (tertiary/aromatic N) is 2. The fourth-order valence-electron chi connectivity index (χ4n) is 2.14. The predicted molar refractivity (Wildman–Crippen MR) is 87.9 cm³/mol. The van der Waals surface area contributed by atoms with Gasteiger partial charge in [0.1, 0.15) is 11.5 Å². The largest absolute Gasteiger partial charge is 0.496 e. The molecule has 0 saturated carbocycles. The van der Waals surface area contributed by atoms with E-state index in [4.69, 9.17) is 15.2 Å². The highest BCUT2D eigenvalue weighted by Gasteiger charge is 2.15. The van der Waals surface area contributed by atoms with Crippen LogP contribution in [0.2, 0.25) is 0 Å². The van der Waals surface area contributed by atoms with Gasteiger partial charge >= 0.3 is 0 Å². The van der Waals surface area contributed by atoms with Crippen molar-refractivity contribution >= 4 is 11.8 Å². The van der Waals surface area contributed by atoms with Gasteiger partial charge in [-0.2, -0.15) is 4.98 Å². The molecule has 1 heterocycles. The van der Waals surface area contributed by atoms with Crippen LogP contribution in [-0.4, -0.2) is 24.1 Å². The third kappa shape index (κ3) is 3.21. The molecule has 0 radical (unpaired) electrons. The number of hydrogen-bond acceptors (Lipinski definition) is 6. The van der Waals surface area contributed by atoms with Crippen LogP contribution in [0.25, 0.3) is 0 Å². The number of nitrogen functional groups attached to an aromatic ring is 1.